The molecule has 0 aliphatic rings. The summed E-state index contributed by atoms with van der Waals surface area (Å²) in [5.74, 6) is 1.91. The third kappa shape index (κ3) is 5.54. The first-order chi connectivity index (χ1) is 11.1. The van der Waals surface area contributed by atoms with Crippen molar-refractivity contribution < 1.29 is 0 Å². The van der Waals surface area contributed by atoms with E-state index in [0.29, 0.717) is 0 Å². The lowest BCUT2D eigenvalue weighted by Crippen LogP contribution is -1.86. The topological polar surface area (TPSA) is 59.4 Å². The van der Waals surface area contributed by atoms with Crippen LogP contribution < -0.4 is 0 Å². The van der Waals surface area contributed by atoms with Crippen molar-refractivity contribution in [3.8, 4) is 0 Å². The van der Waals surface area contributed by atoms with E-state index in [9.17, 15) is 0 Å². The van der Waals surface area contributed by atoms with Crippen molar-refractivity contribution >= 4 is 17.4 Å². The van der Waals surface area contributed by atoms with E-state index in [4.69, 9.17) is 0 Å². The SMILES string of the molecule is C=C/C=C\n1cc(C)nc1C.CC.Cc1nc2ncccc2[nH]1. The summed E-state index contributed by atoms with van der Waals surface area (Å²) < 4.78 is 1.97. The third-order valence-corrected chi connectivity index (χ3v) is 2.80. The van der Waals surface area contributed by atoms with Gasteiger partial charge >= 0.3 is 0 Å². The Morgan fingerprint density at radius 1 is 1.17 bits per heavy atom. The molecular weight excluding hydrogens is 286 g/mol. The van der Waals surface area contributed by atoms with Crippen LogP contribution in [0, 0.1) is 20.8 Å². The maximum atomic E-state index is 4.24. The predicted octanol–water partition coefficient (Wildman–Crippen LogP) is 4.45. The van der Waals surface area contributed by atoms with Gasteiger partial charge in [-0.15, -0.1) is 0 Å². The van der Waals surface area contributed by atoms with Gasteiger partial charge in [-0.3, -0.25) is 0 Å². The van der Waals surface area contributed by atoms with Crippen molar-refractivity contribution in [2.45, 2.75) is 34.6 Å². The molecule has 5 nitrogen and oxygen atoms in total. The van der Waals surface area contributed by atoms with Gasteiger partial charge in [0.15, 0.2) is 5.65 Å². The van der Waals surface area contributed by atoms with Gasteiger partial charge in [0.25, 0.3) is 0 Å². The predicted molar refractivity (Wildman–Crippen MR) is 97.2 cm³/mol. The van der Waals surface area contributed by atoms with Crippen molar-refractivity contribution in [1.82, 2.24) is 24.5 Å². The molecule has 3 heterocycles. The van der Waals surface area contributed by atoms with Crippen molar-refractivity contribution in [3.05, 3.63) is 60.6 Å². The number of hydrogen-bond acceptors (Lipinski definition) is 3. The van der Waals surface area contributed by atoms with Crippen LogP contribution in [0.25, 0.3) is 17.4 Å². The van der Waals surface area contributed by atoms with Crippen LogP contribution in [-0.2, 0) is 0 Å². The molecule has 0 spiro atoms. The zero-order valence-electron chi connectivity index (χ0n) is 14.5. The average Bonchev–Trinajstić information content (AvgIpc) is 3.08. The van der Waals surface area contributed by atoms with Gasteiger partial charge < -0.3 is 9.55 Å². The van der Waals surface area contributed by atoms with Crippen LogP contribution in [0.2, 0.25) is 0 Å². The van der Waals surface area contributed by atoms with Gasteiger partial charge in [-0.25, -0.2) is 15.0 Å². The summed E-state index contributed by atoms with van der Waals surface area (Å²) in [5.41, 5.74) is 2.83. The van der Waals surface area contributed by atoms with Gasteiger partial charge in [0, 0.05) is 18.6 Å². The van der Waals surface area contributed by atoms with Gasteiger partial charge in [-0.1, -0.05) is 26.5 Å². The van der Waals surface area contributed by atoms with Crippen molar-refractivity contribution in [2.75, 3.05) is 0 Å². The Hall–Kier alpha value is -2.69. The van der Waals surface area contributed by atoms with E-state index < -0.39 is 0 Å². The maximum Gasteiger partial charge on any atom is 0.177 e. The smallest absolute Gasteiger partial charge is 0.177 e. The fraction of sp³-hybridized carbons (Fsp3) is 0.278. The number of nitrogens with zero attached hydrogens (tertiary/aromatic N) is 4. The van der Waals surface area contributed by atoms with E-state index in [1.54, 1.807) is 12.3 Å². The first-order valence-corrected chi connectivity index (χ1v) is 7.69. The lowest BCUT2D eigenvalue weighted by atomic mass is 10.4. The second kappa shape index (κ2) is 9.35. The number of aromatic nitrogens is 5. The van der Waals surface area contributed by atoms with Gasteiger partial charge in [0.2, 0.25) is 0 Å². The second-order valence-corrected chi connectivity index (χ2v) is 4.61. The number of rotatable bonds is 2. The lowest BCUT2D eigenvalue weighted by molar-refractivity contribution is 1.03. The van der Waals surface area contributed by atoms with Gasteiger partial charge in [0.1, 0.15) is 11.6 Å². The Labute approximate surface area is 137 Å². The monoisotopic (exact) mass is 311 g/mol. The highest BCUT2D eigenvalue weighted by Gasteiger charge is 1.96. The number of aryl methyl sites for hydroxylation is 3. The minimum Gasteiger partial charge on any atom is -0.341 e. The zero-order chi connectivity index (χ0) is 17.2. The minimum atomic E-state index is 0.792. The van der Waals surface area contributed by atoms with E-state index in [2.05, 4.69) is 26.5 Å². The molecule has 23 heavy (non-hydrogen) atoms. The summed E-state index contributed by atoms with van der Waals surface area (Å²) in [6.07, 6.45) is 9.28. The van der Waals surface area contributed by atoms with Crippen LogP contribution in [0.15, 0.2) is 43.3 Å². The summed E-state index contributed by atoms with van der Waals surface area (Å²) >= 11 is 0. The molecule has 0 unspecified atom stereocenters. The molecule has 5 heteroatoms. The Bertz CT molecular complexity index is 732. The lowest BCUT2D eigenvalue weighted by Gasteiger charge is -1.92. The standard InChI is InChI=1S/C9H12N2.C7H7N3.C2H6/c1-4-5-6-11-7-8(2)10-9(11)3;1-5-9-6-3-2-4-8-7(6)10-5;1-2/h4-7H,1H2,2-3H3;2-4H,1H3,(H,8,9,10);1-2H3/b6-5-;;. The molecule has 0 radical (unpaired) electrons. The number of hydrogen-bond donors (Lipinski definition) is 1. The number of pyridine rings is 1. The second-order valence-electron chi connectivity index (χ2n) is 4.61. The third-order valence-electron chi connectivity index (χ3n) is 2.80. The largest absolute Gasteiger partial charge is 0.341 e. The minimum absolute atomic E-state index is 0.792. The van der Waals surface area contributed by atoms with E-state index in [0.717, 1.165) is 28.5 Å². The number of nitrogens with one attached hydrogen (secondary N) is 1. The molecule has 0 fully saturated rings. The molecule has 0 aromatic carbocycles. The molecule has 0 atom stereocenters. The Kier molecular flexibility index (Phi) is 7.47. The van der Waals surface area contributed by atoms with E-state index >= 15 is 0 Å². The summed E-state index contributed by atoms with van der Waals surface area (Å²) in [5, 5.41) is 0. The molecule has 0 bridgehead atoms. The zero-order valence-corrected chi connectivity index (χ0v) is 14.5. The summed E-state index contributed by atoms with van der Waals surface area (Å²) in [6, 6.07) is 3.85. The Morgan fingerprint density at radius 3 is 2.48 bits per heavy atom. The first-order valence-electron chi connectivity index (χ1n) is 7.69. The molecule has 0 aliphatic heterocycles. The van der Waals surface area contributed by atoms with Crippen molar-refractivity contribution in [1.29, 1.82) is 0 Å². The van der Waals surface area contributed by atoms with E-state index in [-0.39, 0.29) is 0 Å². The number of allylic oxidation sites excluding steroid dienone is 2. The van der Waals surface area contributed by atoms with Crippen LogP contribution in [0.4, 0.5) is 0 Å². The molecule has 0 aliphatic carbocycles. The van der Waals surface area contributed by atoms with E-state index in [1.807, 2.05) is 69.8 Å². The number of fused-ring (bicyclic) bond motifs is 1. The van der Waals surface area contributed by atoms with Gasteiger partial charge in [-0.05, 0) is 39.0 Å². The Morgan fingerprint density at radius 2 is 1.91 bits per heavy atom. The number of H-pyrrole nitrogens is 1. The first kappa shape index (κ1) is 18.4. The summed E-state index contributed by atoms with van der Waals surface area (Å²) in [4.78, 5) is 15.5. The molecule has 0 saturated carbocycles. The van der Waals surface area contributed by atoms with Crippen molar-refractivity contribution in [3.63, 3.8) is 0 Å². The average molecular weight is 311 g/mol. The normalized spacial score (nSPS) is 9.96. The molecule has 3 aromatic rings. The van der Waals surface area contributed by atoms with Gasteiger partial charge in [0.05, 0.1) is 11.2 Å². The molecule has 3 aromatic heterocycles. The van der Waals surface area contributed by atoms with Crippen LogP contribution in [0.3, 0.4) is 0 Å². The Balaban J connectivity index is 0.000000208. The summed E-state index contributed by atoms with van der Waals surface area (Å²) in [6.45, 7) is 13.5. The highest BCUT2D eigenvalue weighted by Crippen LogP contribution is 2.05. The molecule has 122 valence electrons. The highest BCUT2D eigenvalue weighted by molar-refractivity contribution is 5.69. The quantitative estimate of drug-likeness (QED) is 0.711. The van der Waals surface area contributed by atoms with Crippen LogP contribution in [-0.4, -0.2) is 24.5 Å². The number of aromatic amines is 1. The molecule has 1 N–H and O–H groups in total. The fourth-order valence-electron chi connectivity index (χ4n) is 1.91. The molecule has 0 amide bonds. The number of imidazole rings is 2. The van der Waals surface area contributed by atoms with Crippen LogP contribution in [0.5, 0.6) is 0 Å². The van der Waals surface area contributed by atoms with E-state index in [1.165, 1.54) is 0 Å². The fourth-order valence-corrected chi connectivity index (χ4v) is 1.91. The maximum absolute atomic E-state index is 4.24. The molecule has 3 rings (SSSR count). The van der Waals surface area contributed by atoms with Crippen LogP contribution >= 0.6 is 0 Å². The van der Waals surface area contributed by atoms with Crippen LogP contribution in [0.1, 0.15) is 31.2 Å². The summed E-state index contributed by atoms with van der Waals surface area (Å²) in [7, 11) is 0. The molecular formula is C18H25N5. The van der Waals surface area contributed by atoms with Crippen molar-refractivity contribution in [2.24, 2.45) is 0 Å². The highest BCUT2D eigenvalue weighted by atomic mass is 15.0. The van der Waals surface area contributed by atoms with Gasteiger partial charge in [-0.2, -0.15) is 0 Å². The molecule has 0 saturated heterocycles.